The zero-order chi connectivity index (χ0) is 11.8. The van der Waals surface area contributed by atoms with Gasteiger partial charge in [0.15, 0.2) is 5.78 Å². The summed E-state index contributed by atoms with van der Waals surface area (Å²) in [7, 11) is 1.57. The average Bonchev–Trinajstić information content (AvgIpc) is 3.12. The van der Waals surface area contributed by atoms with Crippen LogP contribution in [-0.4, -0.2) is 18.4 Å². The normalized spacial score (nSPS) is 18.9. The first-order valence-corrected chi connectivity index (χ1v) is 5.54. The van der Waals surface area contributed by atoms with Gasteiger partial charge in [-0.1, -0.05) is 12.1 Å². The van der Waals surface area contributed by atoms with Gasteiger partial charge in [0, 0.05) is 0 Å². The van der Waals surface area contributed by atoms with E-state index in [1.165, 1.54) is 0 Å². The van der Waals surface area contributed by atoms with Gasteiger partial charge in [-0.25, -0.2) is 0 Å². The highest BCUT2D eigenvalue weighted by molar-refractivity contribution is 6.05. The van der Waals surface area contributed by atoms with E-state index < -0.39 is 5.54 Å². The maximum Gasteiger partial charge on any atom is 0.186 e. The molecule has 0 amide bonds. The van der Waals surface area contributed by atoms with E-state index in [1.54, 1.807) is 19.2 Å². The molecule has 0 heterocycles. The molecule has 86 valence electrons. The number of methoxy groups -OCH3 is 1. The van der Waals surface area contributed by atoms with Crippen molar-refractivity contribution in [3.8, 4) is 5.75 Å². The van der Waals surface area contributed by atoms with Crippen molar-refractivity contribution >= 4 is 5.78 Å². The number of ether oxygens (including phenoxy) is 1. The van der Waals surface area contributed by atoms with Crippen LogP contribution in [0.2, 0.25) is 0 Å². The number of ketones is 1. The fourth-order valence-corrected chi connectivity index (χ4v) is 1.99. The van der Waals surface area contributed by atoms with Crippen molar-refractivity contribution in [2.75, 3.05) is 7.11 Å². The lowest BCUT2D eigenvalue weighted by atomic mass is 9.87. The van der Waals surface area contributed by atoms with Crippen molar-refractivity contribution in [1.29, 1.82) is 0 Å². The van der Waals surface area contributed by atoms with E-state index in [-0.39, 0.29) is 5.78 Å². The van der Waals surface area contributed by atoms with Crippen molar-refractivity contribution in [1.82, 2.24) is 0 Å². The standard InChI is InChI=1S/C13H17NO2/c1-13(14,9-7-8-9)12(15)10-5-3-4-6-11(10)16-2/h3-6,9H,7-8,14H2,1-2H3. The molecule has 2 rings (SSSR count). The third-order valence-electron chi connectivity index (χ3n) is 3.27. The summed E-state index contributed by atoms with van der Waals surface area (Å²) in [5, 5.41) is 0. The number of rotatable bonds is 4. The van der Waals surface area contributed by atoms with Crippen LogP contribution in [0.5, 0.6) is 5.75 Å². The third-order valence-corrected chi connectivity index (χ3v) is 3.27. The Hall–Kier alpha value is -1.35. The largest absolute Gasteiger partial charge is 0.496 e. The SMILES string of the molecule is COc1ccccc1C(=O)C(C)(N)C1CC1. The molecule has 2 N–H and O–H groups in total. The van der Waals surface area contributed by atoms with Gasteiger partial charge in [-0.15, -0.1) is 0 Å². The highest BCUT2D eigenvalue weighted by Crippen LogP contribution is 2.40. The maximum atomic E-state index is 12.3. The van der Waals surface area contributed by atoms with Gasteiger partial charge in [0.05, 0.1) is 18.2 Å². The highest BCUT2D eigenvalue weighted by Gasteiger charge is 2.44. The first-order valence-electron chi connectivity index (χ1n) is 5.54. The highest BCUT2D eigenvalue weighted by atomic mass is 16.5. The minimum atomic E-state index is -0.755. The lowest BCUT2D eigenvalue weighted by molar-refractivity contribution is 0.0880. The quantitative estimate of drug-likeness (QED) is 0.788. The molecule has 3 nitrogen and oxygen atoms in total. The monoisotopic (exact) mass is 219 g/mol. The van der Waals surface area contributed by atoms with Crippen LogP contribution in [0.1, 0.15) is 30.1 Å². The van der Waals surface area contributed by atoms with Gasteiger partial charge in [-0.05, 0) is 37.8 Å². The summed E-state index contributed by atoms with van der Waals surface area (Å²) in [6, 6.07) is 7.24. The van der Waals surface area contributed by atoms with Gasteiger partial charge >= 0.3 is 0 Å². The van der Waals surface area contributed by atoms with Crippen LogP contribution in [0, 0.1) is 5.92 Å². The molecule has 0 aromatic heterocycles. The molecule has 0 bridgehead atoms. The number of carbonyl (C=O) groups is 1. The molecule has 1 aromatic carbocycles. The minimum absolute atomic E-state index is 0.0209. The number of para-hydroxylation sites is 1. The predicted molar refractivity (Wildman–Crippen MR) is 62.6 cm³/mol. The van der Waals surface area contributed by atoms with Crippen molar-refractivity contribution in [3.63, 3.8) is 0 Å². The van der Waals surface area contributed by atoms with Crippen molar-refractivity contribution in [3.05, 3.63) is 29.8 Å². The van der Waals surface area contributed by atoms with Crippen molar-refractivity contribution in [2.24, 2.45) is 11.7 Å². The molecular weight excluding hydrogens is 202 g/mol. The molecule has 16 heavy (non-hydrogen) atoms. The van der Waals surface area contributed by atoms with E-state index in [9.17, 15) is 4.79 Å². The Morgan fingerprint density at radius 2 is 2.06 bits per heavy atom. The van der Waals surface area contributed by atoms with Gasteiger partial charge in [0.25, 0.3) is 0 Å². The van der Waals surface area contributed by atoms with Crippen LogP contribution < -0.4 is 10.5 Å². The van der Waals surface area contributed by atoms with Gasteiger partial charge in [0.2, 0.25) is 0 Å². The molecule has 1 fully saturated rings. The lowest BCUT2D eigenvalue weighted by Gasteiger charge is -2.23. The topological polar surface area (TPSA) is 52.3 Å². The summed E-state index contributed by atoms with van der Waals surface area (Å²) in [6.45, 7) is 1.82. The van der Waals surface area contributed by atoms with E-state index in [1.807, 2.05) is 19.1 Å². The number of benzene rings is 1. The molecule has 1 saturated carbocycles. The second kappa shape index (κ2) is 3.91. The lowest BCUT2D eigenvalue weighted by Crippen LogP contribution is -2.47. The zero-order valence-electron chi connectivity index (χ0n) is 9.69. The van der Waals surface area contributed by atoms with E-state index in [0.29, 0.717) is 17.2 Å². The van der Waals surface area contributed by atoms with E-state index in [2.05, 4.69) is 0 Å². The molecule has 1 aromatic rings. The first-order chi connectivity index (χ1) is 7.57. The van der Waals surface area contributed by atoms with Gasteiger partial charge < -0.3 is 10.5 Å². The molecule has 0 spiro atoms. The Morgan fingerprint density at radius 3 is 2.62 bits per heavy atom. The molecule has 1 aliphatic rings. The summed E-state index contributed by atoms with van der Waals surface area (Å²) in [6.07, 6.45) is 2.10. The van der Waals surface area contributed by atoms with Gasteiger partial charge in [0.1, 0.15) is 5.75 Å². The zero-order valence-corrected chi connectivity index (χ0v) is 9.69. The molecular formula is C13H17NO2. The van der Waals surface area contributed by atoms with Crippen LogP contribution in [0.4, 0.5) is 0 Å². The molecule has 0 aliphatic heterocycles. The number of Topliss-reactive ketones (excluding diaryl/α,β-unsaturated/α-hetero) is 1. The Kier molecular flexibility index (Phi) is 2.72. The van der Waals surface area contributed by atoms with Crippen LogP contribution in [0.15, 0.2) is 24.3 Å². The Bertz CT molecular complexity index is 408. The molecule has 1 aliphatic carbocycles. The number of nitrogens with two attached hydrogens (primary N) is 1. The summed E-state index contributed by atoms with van der Waals surface area (Å²) < 4.78 is 5.19. The molecule has 3 heteroatoms. The maximum absolute atomic E-state index is 12.3. The summed E-state index contributed by atoms with van der Waals surface area (Å²) in [4.78, 5) is 12.3. The summed E-state index contributed by atoms with van der Waals surface area (Å²) in [5.41, 5.74) is 5.95. The number of hydrogen-bond donors (Lipinski definition) is 1. The first kappa shape index (κ1) is 11.1. The van der Waals surface area contributed by atoms with Crippen LogP contribution in [0.3, 0.4) is 0 Å². The molecule has 1 atom stereocenters. The van der Waals surface area contributed by atoms with Crippen molar-refractivity contribution < 1.29 is 9.53 Å². The second-order valence-corrected chi connectivity index (χ2v) is 4.59. The molecule has 1 unspecified atom stereocenters. The Balaban J connectivity index is 2.33. The Labute approximate surface area is 95.6 Å². The van der Waals surface area contributed by atoms with Crippen LogP contribution in [0.25, 0.3) is 0 Å². The molecule has 0 radical (unpaired) electrons. The fourth-order valence-electron chi connectivity index (χ4n) is 1.99. The summed E-state index contributed by atoms with van der Waals surface area (Å²) in [5.74, 6) is 0.905. The number of carbonyl (C=O) groups excluding carboxylic acids is 1. The van der Waals surface area contributed by atoms with E-state index in [0.717, 1.165) is 12.8 Å². The van der Waals surface area contributed by atoms with Crippen LogP contribution in [-0.2, 0) is 0 Å². The minimum Gasteiger partial charge on any atom is -0.496 e. The van der Waals surface area contributed by atoms with Crippen molar-refractivity contribution in [2.45, 2.75) is 25.3 Å². The second-order valence-electron chi connectivity index (χ2n) is 4.59. The van der Waals surface area contributed by atoms with E-state index >= 15 is 0 Å². The van der Waals surface area contributed by atoms with E-state index in [4.69, 9.17) is 10.5 Å². The van der Waals surface area contributed by atoms with Crippen LogP contribution >= 0.6 is 0 Å². The van der Waals surface area contributed by atoms with Gasteiger partial charge in [-0.2, -0.15) is 0 Å². The number of hydrogen-bond acceptors (Lipinski definition) is 3. The Morgan fingerprint density at radius 1 is 1.44 bits per heavy atom. The third kappa shape index (κ3) is 1.83. The summed E-state index contributed by atoms with van der Waals surface area (Å²) >= 11 is 0. The molecule has 0 saturated heterocycles. The smallest absolute Gasteiger partial charge is 0.186 e. The fraction of sp³-hybridized carbons (Fsp3) is 0.462. The predicted octanol–water partition coefficient (Wildman–Crippen LogP) is 2.01. The average molecular weight is 219 g/mol. The van der Waals surface area contributed by atoms with Gasteiger partial charge in [-0.3, -0.25) is 4.79 Å².